The summed E-state index contributed by atoms with van der Waals surface area (Å²) in [5, 5.41) is 37.7. The van der Waals surface area contributed by atoms with Crippen molar-refractivity contribution in [3.63, 3.8) is 0 Å². The molecule has 4 N–H and O–H groups in total. The SMILES string of the molecule is CC(C)CCCCCc1cc(O)c(CCCCCC(C)C)cc1O.Oc1ccc(O)cc1. The van der Waals surface area contributed by atoms with Crippen LogP contribution in [0.25, 0.3) is 0 Å². The fraction of sp³-hybridized carbons (Fsp3) is 0.571. The van der Waals surface area contributed by atoms with Gasteiger partial charge in [0.15, 0.2) is 0 Å². The van der Waals surface area contributed by atoms with E-state index in [0.29, 0.717) is 11.5 Å². The molecule has 2 rings (SSSR count). The Morgan fingerprint density at radius 3 is 1.19 bits per heavy atom. The second-order valence-corrected chi connectivity index (χ2v) is 9.61. The molecule has 4 nitrogen and oxygen atoms in total. The van der Waals surface area contributed by atoms with E-state index in [0.717, 1.165) is 48.6 Å². The van der Waals surface area contributed by atoms with Crippen LogP contribution in [0.4, 0.5) is 0 Å². The molecule has 2 aromatic carbocycles. The van der Waals surface area contributed by atoms with Crippen LogP contribution < -0.4 is 0 Å². The summed E-state index contributed by atoms with van der Waals surface area (Å²) in [5.74, 6) is 2.58. The molecule has 0 bridgehead atoms. The fourth-order valence-corrected chi connectivity index (χ4v) is 3.61. The largest absolute Gasteiger partial charge is 0.508 e. The third-order valence-corrected chi connectivity index (χ3v) is 5.58. The van der Waals surface area contributed by atoms with Crippen LogP contribution in [-0.4, -0.2) is 20.4 Å². The van der Waals surface area contributed by atoms with Crippen LogP contribution in [0, 0.1) is 11.8 Å². The molecule has 180 valence electrons. The number of rotatable bonds is 12. The molecule has 0 radical (unpaired) electrons. The van der Waals surface area contributed by atoms with Crippen LogP contribution in [-0.2, 0) is 12.8 Å². The van der Waals surface area contributed by atoms with Crippen LogP contribution in [0.1, 0.15) is 90.2 Å². The van der Waals surface area contributed by atoms with Gasteiger partial charge in [0.25, 0.3) is 0 Å². The van der Waals surface area contributed by atoms with Crippen LogP contribution in [0.15, 0.2) is 36.4 Å². The van der Waals surface area contributed by atoms with Crippen LogP contribution >= 0.6 is 0 Å². The van der Waals surface area contributed by atoms with Crippen molar-refractivity contribution in [1.29, 1.82) is 0 Å². The summed E-state index contributed by atoms with van der Waals surface area (Å²) in [7, 11) is 0. The number of hydrogen-bond acceptors (Lipinski definition) is 4. The van der Waals surface area contributed by atoms with Gasteiger partial charge in [-0.05, 0) is 85.0 Å². The van der Waals surface area contributed by atoms with Gasteiger partial charge >= 0.3 is 0 Å². The van der Waals surface area contributed by atoms with Gasteiger partial charge in [-0.1, -0.05) is 66.2 Å². The third-order valence-electron chi connectivity index (χ3n) is 5.58. The average molecular weight is 445 g/mol. The highest BCUT2D eigenvalue weighted by molar-refractivity contribution is 5.45. The van der Waals surface area contributed by atoms with E-state index in [1.54, 1.807) is 12.1 Å². The predicted octanol–water partition coefficient (Wildman–Crippen LogP) is 7.71. The lowest BCUT2D eigenvalue weighted by Gasteiger charge is -2.11. The van der Waals surface area contributed by atoms with E-state index in [4.69, 9.17) is 10.2 Å². The molecule has 0 spiro atoms. The fourth-order valence-electron chi connectivity index (χ4n) is 3.61. The number of benzene rings is 2. The van der Waals surface area contributed by atoms with Gasteiger partial charge in [-0.2, -0.15) is 0 Å². The average Bonchev–Trinajstić information content (AvgIpc) is 2.72. The van der Waals surface area contributed by atoms with Crippen molar-refractivity contribution >= 4 is 0 Å². The zero-order valence-corrected chi connectivity index (χ0v) is 20.5. The second-order valence-electron chi connectivity index (χ2n) is 9.61. The van der Waals surface area contributed by atoms with Gasteiger partial charge in [-0.3, -0.25) is 0 Å². The molecule has 0 aliphatic heterocycles. The molecule has 4 heteroatoms. The van der Waals surface area contributed by atoms with Gasteiger partial charge < -0.3 is 20.4 Å². The molecule has 32 heavy (non-hydrogen) atoms. The second kappa shape index (κ2) is 15.4. The first-order valence-corrected chi connectivity index (χ1v) is 12.2. The minimum Gasteiger partial charge on any atom is -0.508 e. The van der Waals surface area contributed by atoms with Crippen molar-refractivity contribution in [1.82, 2.24) is 0 Å². The van der Waals surface area contributed by atoms with E-state index in [9.17, 15) is 10.2 Å². The lowest BCUT2D eigenvalue weighted by molar-refractivity contribution is 0.444. The van der Waals surface area contributed by atoms with E-state index >= 15 is 0 Å². The smallest absolute Gasteiger partial charge is 0.119 e. The van der Waals surface area contributed by atoms with Gasteiger partial charge in [-0.25, -0.2) is 0 Å². The highest BCUT2D eigenvalue weighted by atomic mass is 16.3. The Bertz CT molecular complexity index is 686. The lowest BCUT2D eigenvalue weighted by Crippen LogP contribution is -1.93. The Labute approximate surface area is 195 Å². The van der Waals surface area contributed by atoms with Crippen molar-refractivity contribution < 1.29 is 20.4 Å². The summed E-state index contributed by atoms with van der Waals surface area (Å²) in [4.78, 5) is 0. The monoisotopic (exact) mass is 444 g/mol. The van der Waals surface area contributed by atoms with Crippen LogP contribution in [0.5, 0.6) is 23.0 Å². The molecule has 0 heterocycles. The zero-order valence-electron chi connectivity index (χ0n) is 20.5. The molecule has 0 saturated carbocycles. The minimum atomic E-state index is 0.169. The van der Waals surface area contributed by atoms with Crippen molar-refractivity contribution in [3.05, 3.63) is 47.5 Å². The molecule has 0 amide bonds. The first-order valence-electron chi connectivity index (χ1n) is 12.2. The number of aromatic hydroxyl groups is 4. The Morgan fingerprint density at radius 1 is 0.531 bits per heavy atom. The first-order chi connectivity index (χ1) is 15.2. The van der Waals surface area contributed by atoms with Gasteiger partial charge in [-0.15, -0.1) is 0 Å². The molecule has 0 unspecified atom stereocenters. The predicted molar refractivity (Wildman–Crippen MR) is 134 cm³/mol. The van der Waals surface area contributed by atoms with E-state index in [-0.39, 0.29) is 11.5 Å². The van der Waals surface area contributed by atoms with Gasteiger partial charge in [0, 0.05) is 0 Å². The molecule has 0 atom stereocenters. The molecular weight excluding hydrogens is 400 g/mol. The number of unbranched alkanes of at least 4 members (excludes halogenated alkanes) is 4. The van der Waals surface area contributed by atoms with Gasteiger partial charge in [0.2, 0.25) is 0 Å². The van der Waals surface area contributed by atoms with Crippen molar-refractivity contribution in [2.75, 3.05) is 0 Å². The minimum absolute atomic E-state index is 0.169. The van der Waals surface area contributed by atoms with Gasteiger partial charge in [0.05, 0.1) is 0 Å². The van der Waals surface area contributed by atoms with Crippen molar-refractivity contribution in [2.45, 2.75) is 91.9 Å². The maximum absolute atomic E-state index is 10.2. The molecule has 0 saturated heterocycles. The number of phenols is 4. The standard InChI is InChI=1S/C22H38O2.C6H6O2/c1-17(2)11-7-5-9-13-19-15-22(24)20(16-21(19)23)14-10-6-8-12-18(3)4;7-5-1-2-6(8)4-3-5/h15-18,23-24H,5-14H2,1-4H3;1-4,7-8H. The quantitative estimate of drug-likeness (QED) is 0.200. The summed E-state index contributed by atoms with van der Waals surface area (Å²) in [6.07, 6.45) is 11.3. The van der Waals surface area contributed by atoms with E-state index in [1.165, 1.54) is 62.8 Å². The number of aryl methyl sites for hydroxylation is 2. The third kappa shape index (κ3) is 12.5. The lowest BCUT2D eigenvalue weighted by atomic mass is 9.98. The van der Waals surface area contributed by atoms with E-state index in [2.05, 4.69) is 27.7 Å². The van der Waals surface area contributed by atoms with Crippen LogP contribution in [0.3, 0.4) is 0 Å². The molecular formula is C28H44O4. The number of phenolic OH excluding ortho intramolecular Hbond substituents is 4. The highest BCUT2D eigenvalue weighted by Gasteiger charge is 2.09. The summed E-state index contributed by atoms with van der Waals surface area (Å²) >= 11 is 0. The van der Waals surface area contributed by atoms with Crippen molar-refractivity contribution in [3.8, 4) is 23.0 Å². The summed E-state index contributed by atoms with van der Waals surface area (Å²) < 4.78 is 0. The molecule has 0 fully saturated rings. The van der Waals surface area contributed by atoms with E-state index in [1.807, 2.05) is 0 Å². The normalized spacial score (nSPS) is 10.9. The first kappa shape index (κ1) is 27.7. The molecule has 0 aromatic heterocycles. The highest BCUT2D eigenvalue weighted by Crippen LogP contribution is 2.30. The summed E-state index contributed by atoms with van der Waals surface area (Å²) in [6, 6.07) is 9.26. The van der Waals surface area contributed by atoms with Crippen LogP contribution in [0.2, 0.25) is 0 Å². The maximum atomic E-state index is 10.2. The zero-order chi connectivity index (χ0) is 23.9. The maximum Gasteiger partial charge on any atom is 0.119 e. The molecule has 0 aliphatic rings. The molecule has 2 aromatic rings. The number of hydrogen-bond donors (Lipinski definition) is 4. The Hall–Kier alpha value is -2.36. The molecule has 0 aliphatic carbocycles. The van der Waals surface area contributed by atoms with Gasteiger partial charge in [0.1, 0.15) is 23.0 Å². The Kier molecular flexibility index (Phi) is 13.4. The topological polar surface area (TPSA) is 80.9 Å². The van der Waals surface area contributed by atoms with Crippen molar-refractivity contribution in [2.24, 2.45) is 11.8 Å². The Morgan fingerprint density at radius 2 is 0.875 bits per heavy atom. The summed E-state index contributed by atoms with van der Waals surface area (Å²) in [6.45, 7) is 9.02. The van der Waals surface area contributed by atoms with E-state index < -0.39 is 0 Å². The summed E-state index contributed by atoms with van der Waals surface area (Å²) in [5.41, 5.74) is 1.78. The Balaban J connectivity index is 0.000000533.